The van der Waals surface area contributed by atoms with Crippen molar-refractivity contribution in [2.24, 2.45) is 0 Å². The lowest BCUT2D eigenvalue weighted by atomic mass is 10.1. The summed E-state index contributed by atoms with van der Waals surface area (Å²) in [5.74, 6) is -1.24. The molecule has 4 rings (SSSR count). The fraction of sp³-hybridized carbons (Fsp3) is 0.348. The Bertz CT molecular complexity index is 1010. The van der Waals surface area contributed by atoms with Gasteiger partial charge in [0.25, 0.3) is 0 Å². The van der Waals surface area contributed by atoms with Crippen molar-refractivity contribution in [3.05, 3.63) is 66.1 Å². The average molecular weight is 422 g/mol. The van der Waals surface area contributed by atoms with Gasteiger partial charge in [-0.3, -0.25) is 19.5 Å². The van der Waals surface area contributed by atoms with Gasteiger partial charge in [-0.1, -0.05) is 24.3 Å². The predicted molar refractivity (Wildman–Crippen MR) is 117 cm³/mol. The third-order valence-electron chi connectivity index (χ3n) is 5.57. The van der Waals surface area contributed by atoms with Gasteiger partial charge in [-0.2, -0.15) is 0 Å². The number of hydrogen-bond acceptors (Lipinski definition) is 5. The van der Waals surface area contributed by atoms with Crippen LogP contribution in [0.4, 0.5) is 0 Å². The number of morpholine rings is 1. The van der Waals surface area contributed by atoms with Crippen LogP contribution < -0.4 is 10.6 Å². The van der Waals surface area contributed by atoms with E-state index in [1.165, 1.54) is 0 Å². The third-order valence-corrected chi connectivity index (χ3v) is 5.57. The first-order chi connectivity index (χ1) is 15.2. The number of benzene rings is 1. The Balaban J connectivity index is 1.29. The summed E-state index contributed by atoms with van der Waals surface area (Å²) in [6.45, 7) is 3.57. The van der Waals surface area contributed by atoms with Crippen LogP contribution in [0.2, 0.25) is 0 Å². The van der Waals surface area contributed by atoms with Crippen molar-refractivity contribution in [2.75, 3.05) is 39.4 Å². The Morgan fingerprint density at radius 2 is 1.90 bits per heavy atom. The van der Waals surface area contributed by atoms with Gasteiger partial charge in [0.1, 0.15) is 0 Å². The minimum Gasteiger partial charge on any atom is -0.379 e. The van der Waals surface area contributed by atoms with Gasteiger partial charge in [0, 0.05) is 55.7 Å². The number of nitrogens with one attached hydrogen (secondary N) is 3. The summed E-state index contributed by atoms with van der Waals surface area (Å²) >= 11 is 0. The van der Waals surface area contributed by atoms with Gasteiger partial charge < -0.3 is 20.4 Å². The molecule has 0 bridgehead atoms. The van der Waals surface area contributed by atoms with E-state index in [1.807, 2.05) is 42.6 Å². The lowest BCUT2D eigenvalue weighted by Gasteiger charge is -2.34. The number of carbonyl (C=O) groups is 2. The molecular weight excluding hydrogens is 394 g/mol. The number of H-pyrrole nitrogens is 1. The van der Waals surface area contributed by atoms with Crippen LogP contribution in [-0.2, 0) is 20.7 Å². The van der Waals surface area contributed by atoms with Gasteiger partial charge in [-0.25, -0.2) is 0 Å². The van der Waals surface area contributed by atoms with Gasteiger partial charge in [0.05, 0.1) is 19.3 Å². The topological polar surface area (TPSA) is 99.3 Å². The first-order valence-corrected chi connectivity index (χ1v) is 10.5. The van der Waals surface area contributed by atoms with Crippen LogP contribution in [0.1, 0.15) is 17.2 Å². The number of hydrogen-bond donors (Lipinski definition) is 3. The number of amides is 2. The molecule has 0 spiro atoms. The third kappa shape index (κ3) is 5.28. The molecule has 1 atom stereocenters. The number of fused-ring (bicyclic) bond motifs is 1. The fourth-order valence-corrected chi connectivity index (χ4v) is 3.92. The van der Waals surface area contributed by atoms with Gasteiger partial charge >= 0.3 is 11.8 Å². The van der Waals surface area contributed by atoms with Crippen LogP contribution in [0.5, 0.6) is 0 Å². The van der Waals surface area contributed by atoms with E-state index in [1.54, 1.807) is 12.4 Å². The summed E-state index contributed by atoms with van der Waals surface area (Å²) in [5, 5.41) is 6.63. The summed E-state index contributed by atoms with van der Waals surface area (Å²) in [6, 6.07) is 11.8. The summed E-state index contributed by atoms with van der Waals surface area (Å²) < 4.78 is 5.44. The first-order valence-electron chi connectivity index (χ1n) is 10.5. The SMILES string of the molecule is O=C(NCCc1c[nH]c2ccccc12)C(=O)NC[C@H](c1cccnc1)N1CCOCC1. The average Bonchev–Trinajstić information content (AvgIpc) is 3.23. The van der Waals surface area contributed by atoms with Gasteiger partial charge in [-0.15, -0.1) is 0 Å². The van der Waals surface area contributed by atoms with E-state index in [0.29, 0.717) is 32.7 Å². The van der Waals surface area contributed by atoms with E-state index in [9.17, 15) is 9.59 Å². The molecule has 2 amide bonds. The maximum Gasteiger partial charge on any atom is 0.309 e. The number of ether oxygens (including phenoxy) is 1. The highest BCUT2D eigenvalue weighted by atomic mass is 16.5. The maximum atomic E-state index is 12.4. The van der Waals surface area contributed by atoms with E-state index < -0.39 is 11.8 Å². The first kappa shape index (κ1) is 21.0. The van der Waals surface area contributed by atoms with E-state index in [2.05, 4.69) is 25.5 Å². The van der Waals surface area contributed by atoms with E-state index in [4.69, 9.17) is 4.74 Å². The molecule has 31 heavy (non-hydrogen) atoms. The van der Waals surface area contributed by atoms with Crippen LogP contribution in [0, 0.1) is 0 Å². The zero-order chi connectivity index (χ0) is 21.5. The van der Waals surface area contributed by atoms with Crippen LogP contribution in [0.3, 0.4) is 0 Å². The summed E-state index contributed by atoms with van der Waals surface area (Å²) in [6.07, 6.45) is 6.11. The molecule has 8 heteroatoms. The van der Waals surface area contributed by atoms with Crippen LogP contribution in [0.15, 0.2) is 55.0 Å². The Hall–Kier alpha value is -3.23. The normalized spacial score (nSPS) is 15.5. The van der Waals surface area contributed by atoms with E-state index >= 15 is 0 Å². The molecule has 1 fully saturated rings. The largest absolute Gasteiger partial charge is 0.379 e. The zero-order valence-corrected chi connectivity index (χ0v) is 17.3. The predicted octanol–water partition coefficient (Wildman–Crippen LogP) is 1.41. The molecule has 3 heterocycles. The number of aromatic nitrogens is 2. The van der Waals surface area contributed by atoms with Crippen molar-refractivity contribution < 1.29 is 14.3 Å². The number of pyridine rings is 1. The molecule has 0 aliphatic carbocycles. The monoisotopic (exact) mass is 421 g/mol. The molecule has 3 N–H and O–H groups in total. The molecule has 3 aromatic rings. The second-order valence-electron chi connectivity index (χ2n) is 7.53. The Labute approximate surface area is 181 Å². The standard InChI is InChI=1S/C23H27N5O3/c29-22(25-9-7-17-15-26-20-6-2-1-5-19(17)20)23(30)27-16-21(18-4-3-8-24-14-18)28-10-12-31-13-11-28/h1-6,8,14-15,21,26H,7,9-13,16H2,(H,25,29)(H,27,30)/t21-/m1/s1. The number of nitrogens with zero attached hydrogens (tertiary/aromatic N) is 2. The van der Waals surface area contributed by atoms with Crippen molar-refractivity contribution in [1.82, 2.24) is 25.5 Å². The van der Waals surface area contributed by atoms with E-state index in [-0.39, 0.29) is 6.04 Å². The Morgan fingerprint density at radius 1 is 1.10 bits per heavy atom. The van der Waals surface area contributed by atoms with Crippen molar-refractivity contribution >= 4 is 22.7 Å². The molecule has 0 saturated carbocycles. The molecule has 162 valence electrons. The molecule has 2 aromatic heterocycles. The van der Waals surface area contributed by atoms with E-state index in [0.717, 1.165) is 35.1 Å². The minimum absolute atomic E-state index is 0.0550. The van der Waals surface area contributed by atoms with Crippen LogP contribution >= 0.6 is 0 Å². The molecule has 8 nitrogen and oxygen atoms in total. The number of carbonyl (C=O) groups excluding carboxylic acids is 2. The lowest BCUT2D eigenvalue weighted by Crippen LogP contribution is -2.47. The van der Waals surface area contributed by atoms with Crippen molar-refractivity contribution in [3.8, 4) is 0 Å². The van der Waals surface area contributed by atoms with Crippen molar-refractivity contribution in [2.45, 2.75) is 12.5 Å². The Kier molecular flexibility index (Phi) is 6.91. The summed E-state index contributed by atoms with van der Waals surface area (Å²) in [7, 11) is 0. The maximum absolute atomic E-state index is 12.4. The molecule has 1 saturated heterocycles. The van der Waals surface area contributed by atoms with Gasteiger partial charge in [0.2, 0.25) is 0 Å². The second kappa shape index (κ2) is 10.2. The highest BCUT2D eigenvalue weighted by molar-refractivity contribution is 6.35. The highest BCUT2D eigenvalue weighted by Gasteiger charge is 2.24. The highest BCUT2D eigenvalue weighted by Crippen LogP contribution is 2.20. The minimum atomic E-state index is -0.624. The summed E-state index contributed by atoms with van der Waals surface area (Å²) in [4.78, 5) is 34.3. The Morgan fingerprint density at radius 3 is 2.71 bits per heavy atom. The molecule has 1 aromatic carbocycles. The number of rotatable bonds is 7. The molecule has 1 aliphatic heterocycles. The molecule has 0 unspecified atom stereocenters. The zero-order valence-electron chi connectivity index (χ0n) is 17.3. The van der Waals surface area contributed by atoms with Crippen LogP contribution in [0.25, 0.3) is 10.9 Å². The molecule has 0 radical (unpaired) electrons. The van der Waals surface area contributed by atoms with Gasteiger partial charge in [-0.05, 0) is 29.7 Å². The second-order valence-corrected chi connectivity index (χ2v) is 7.53. The molecular formula is C23H27N5O3. The smallest absolute Gasteiger partial charge is 0.309 e. The lowest BCUT2D eigenvalue weighted by molar-refractivity contribution is -0.139. The number of aromatic amines is 1. The summed E-state index contributed by atoms with van der Waals surface area (Å²) in [5.41, 5.74) is 3.18. The quantitative estimate of drug-likeness (QED) is 0.501. The van der Waals surface area contributed by atoms with Crippen molar-refractivity contribution in [3.63, 3.8) is 0 Å². The van der Waals surface area contributed by atoms with Crippen LogP contribution in [-0.4, -0.2) is 66.1 Å². The van der Waals surface area contributed by atoms with Crippen molar-refractivity contribution in [1.29, 1.82) is 0 Å². The number of para-hydroxylation sites is 1. The fourth-order valence-electron chi connectivity index (χ4n) is 3.92. The molecule has 1 aliphatic rings. The van der Waals surface area contributed by atoms with Gasteiger partial charge in [0.15, 0.2) is 0 Å².